The van der Waals surface area contributed by atoms with E-state index in [0.29, 0.717) is 19.4 Å². The van der Waals surface area contributed by atoms with Crippen molar-refractivity contribution in [3.05, 3.63) is 30.1 Å². The molecule has 0 bridgehead atoms. The molecule has 138 valence electrons. The van der Waals surface area contributed by atoms with Gasteiger partial charge in [-0.1, -0.05) is 13.0 Å². The molecule has 1 fully saturated rings. The number of ether oxygens (including phenoxy) is 1. The third-order valence-electron chi connectivity index (χ3n) is 5.00. The molecule has 6 nitrogen and oxygen atoms in total. The molecule has 1 aromatic heterocycles. The van der Waals surface area contributed by atoms with Crippen LogP contribution in [-0.2, 0) is 9.53 Å². The summed E-state index contributed by atoms with van der Waals surface area (Å²) >= 11 is 0. The second kappa shape index (κ2) is 7.02. The van der Waals surface area contributed by atoms with Crippen LogP contribution < -0.4 is 0 Å². The first-order valence-corrected chi connectivity index (χ1v) is 8.69. The van der Waals surface area contributed by atoms with E-state index in [4.69, 9.17) is 4.74 Å². The van der Waals surface area contributed by atoms with Crippen LogP contribution in [0.25, 0.3) is 0 Å². The first-order valence-electron chi connectivity index (χ1n) is 8.69. The fourth-order valence-corrected chi connectivity index (χ4v) is 3.48. The van der Waals surface area contributed by atoms with Crippen LogP contribution in [0.3, 0.4) is 0 Å². The van der Waals surface area contributed by atoms with Crippen molar-refractivity contribution in [3.8, 4) is 0 Å². The van der Waals surface area contributed by atoms with E-state index in [1.807, 2.05) is 18.3 Å². The lowest BCUT2D eigenvalue weighted by atomic mass is 9.79. The molecule has 0 radical (unpaired) electrons. The number of hydrogen-bond donors (Lipinski definition) is 1. The molecule has 1 amide bonds. The van der Waals surface area contributed by atoms with Crippen LogP contribution >= 0.6 is 0 Å². The van der Waals surface area contributed by atoms with E-state index in [1.165, 1.54) is 4.90 Å². The Balaban J connectivity index is 2.19. The molecule has 1 aliphatic heterocycles. The van der Waals surface area contributed by atoms with Crippen LogP contribution in [0.5, 0.6) is 0 Å². The summed E-state index contributed by atoms with van der Waals surface area (Å²) in [6.07, 6.45) is 4.29. The van der Waals surface area contributed by atoms with Gasteiger partial charge in [0.25, 0.3) is 0 Å². The Hall–Kier alpha value is -2.11. The highest BCUT2D eigenvalue weighted by Gasteiger charge is 2.54. The van der Waals surface area contributed by atoms with E-state index in [0.717, 1.165) is 5.56 Å². The molecule has 0 aromatic carbocycles. The van der Waals surface area contributed by atoms with Gasteiger partial charge >= 0.3 is 12.1 Å². The van der Waals surface area contributed by atoms with Crippen LogP contribution in [0.2, 0.25) is 0 Å². The van der Waals surface area contributed by atoms with Gasteiger partial charge in [-0.05, 0) is 64.0 Å². The van der Waals surface area contributed by atoms with Gasteiger partial charge in [0, 0.05) is 18.9 Å². The number of aliphatic carboxylic acids is 1. The molecule has 3 atom stereocenters. The summed E-state index contributed by atoms with van der Waals surface area (Å²) in [5, 5.41) is 9.88. The van der Waals surface area contributed by atoms with Crippen molar-refractivity contribution in [2.24, 2.45) is 5.92 Å². The number of pyridine rings is 1. The largest absolute Gasteiger partial charge is 0.479 e. The molecule has 2 heterocycles. The minimum atomic E-state index is -1.27. The van der Waals surface area contributed by atoms with Crippen molar-refractivity contribution in [2.45, 2.75) is 64.5 Å². The minimum absolute atomic E-state index is 0.146. The second-order valence-electron chi connectivity index (χ2n) is 7.99. The number of carbonyl (C=O) groups excluding carboxylic acids is 1. The number of nitrogens with zero attached hydrogens (tertiary/aromatic N) is 2. The molecule has 1 saturated heterocycles. The van der Waals surface area contributed by atoms with E-state index in [-0.39, 0.29) is 11.8 Å². The molecule has 0 aliphatic carbocycles. The number of aromatic nitrogens is 1. The predicted molar refractivity (Wildman–Crippen MR) is 94.4 cm³/mol. The third kappa shape index (κ3) is 4.11. The zero-order valence-corrected chi connectivity index (χ0v) is 15.7. The van der Waals surface area contributed by atoms with Gasteiger partial charge in [-0.2, -0.15) is 0 Å². The molecular weight excluding hydrogens is 320 g/mol. The standard InChI is InChI=1S/C19H28N2O4/c1-13(14-7-6-9-20-12-14)11-15-8-10-21(19(15,5)16(22)23)17(24)25-18(2,3)4/h6-7,9,12-13,15H,8,10-11H2,1-5H3,(H,22,23)/t13-,15?,19?/m0/s1. The molecule has 2 rings (SSSR count). The van der Waals surface area contributed by atoms with Gasteiger partial charge < -0.3 is 9.84 Å². The molecule has 0 spiro atoms. The number of amides is 1. The Bertz CT molecular complexity index is 626. The van der Waals surface area contributed by atoms with Crippen LogP contribution in [0.15, 0.2) is 24.5 Å². The molecule has 25 heavy (non-hydrogen) atoms. The number of rotatable bonds is 4. The molecule has 0 saturated carbocycles. The molecule has 1 aromatic rings. The predicted octanol–water partition coefficient (Wildman–Crippen LogP) is 3.68. The van der Waals surface area contributed by atoms with Gasteiger partial charge in [0.2, 0.25) is 0 Å². The smallest absolute Gasteiger partial charge is 0.411 e. The van der Waals surface area contributed by atoms with Gasteiger partial charge in [-0.3, -0.25) is 9.88 Å². The molecule has 6 heteroatoms. The number of carboxylic acid groups (broad SMARTS) is 1. The monoisotopic (exact) mass is 348 g/mol. The van der Waals surface area contributed by atoms with E-state index in [9.17, 15) is 14.7 Å². The highest BCUT2D eigenvalue weighted by molar-refractivity contribution is 5.85. The topological polar surface area (TPSA) is 79.7 Å². The second-order valence-corrected chi connectivity index (χ2v) is 7.99. The van der Waals surface area contributed by atoms with Crippen molar-refractivity contribution in [2.75, 3.05) is 6.54 Å². The quantitative estimate of drug-likeness (QED) is 0.898. The van der Waals surface area contributed by atoms with Gasteiger partial charge in [-0.25, -0.2) is 9.59 Å². The van der Waals surface area contributed by atoms with Gasteiger partial charge in [0.1, 0.15) is 11.1 Å². The van der Waals surface area contributed by atoms with Crippen LogP contribution in [0.4, 0.5) is 4.79 Å². The Labute approximate surface area is 149 Å². The maximum Gasteiger partial charge on any atom is 0.411 e. The summed E-state index contributed by atoms with van der Waals surface area (Å²) in [6, 6.07) is 3.88. The van der Waals surface area contributed by atoms with Gasteiger partial charge in [0.05, 0.1) is 0 Å². The number of carbonyl (C=O) groups is 2. The zero-order chi connectivity index (χ0) is 18.8. The summed E-state index contributed by atoms with van der Waals surface area (Å²) in [5.41, 5.74) is -0.845. The summed E-state index contributed by atoms with van der Waals surface area (Å²) in [7, 11) is 0. The molecule has 1 aliphatic rings. The van der Waals surface area contributed by atoms with Gasteiger partial charge in [-0.15, -0.1) is 0 Å². The summed E-state index contributed by atoms with van der Waals surface area (Å²) in [4.78, 5) is 30.1. The van der Waals surface area contributed by atoms with E-state index in [2.05, 4.69) is 11.9 Å². The van der Waals surface area contributed by atoms with Gasteiger partial charge in [0.15, 0.2) is 0 Å². The zero-order valence-electron chi connectivity index (χ0n) is 15.7. The third-order valence-corrected chi connectivity index (χ3v) is 5.00. The summed E-state index contributed by atoms with van der Waals surface area (Å²) in [6.45, 7) is 9.42. The maximum atomic E-state index is 12.5. The summed E-state index contributed by atoms with van der Waals surface area (Å²) in [5.74, 6) is -0.970. The fraction of sp³-hybridized carbons (Fsp3) is 0.632. The summed E-state index contributed by atoms with van der Waals surface area (Å²) < 4.78 is 5.42. The van der Waals surface area contributed by atoms with Crippen molar-refractivity contribution in [1.29, 1.82) is 0 Å². The van der Waals surface area contributed by atoms with Crippen molar-refractivity contribution < 1.29 is 19.4 Å². The lowest BCUT2D eigenvalue weighted by Gasteiger charge is -2.37. The van der Waals surface area contributed by atoms with Crippen LogP contribution in [0, 0.1) is 5.92 Å². The molecular formula is C19H28N2O4. The SMILES string of the molecule is C[C@@H](CC1CCN(C(=O)OC(C)(C)C)C1(C)C(=O)O)c1cccnc1. The molecule has 1 N–H and O–H groups in total. The van der Waals surface area contributed by atoms with Crippen LogP contribution in [-0.4, -0.2) is 44.7 Å². The van der Waals surface area contributed by atoms with E-state index in [1.54, 1.807) is 33.9 Å². The van der Waals surface area contributed by atoms with Crippen LogP contribution in [0.1, 0.15) is 58.9 Å². The fourth-order valence-electron chi connectivity index (χ4n) is 3.48. The normalized spacial score (nSPS) is 24.8. The lowest BCUT2D eigenvalue weighted by molar-refractivity contribution is -0.150. The average Bonchev–Trinajstić information content (AvgIpc) is 2.85. The minimum Gasteiger partial charge on any atom is -0.479 e. The average molecular weight is 348 g/mol. The number of carboxylic acids is 1. The lowest BCUT2D eigenvalue weighted by Crippen LogP contribution is -2.55. The van der Waals surface area contributed by atoms with E-state index < -0.39 is 23.2 Å². The van der Waals surface area contributed by atoms with E-state index >= 15 is 0 Å². The number of hydrogen-bond acceptors (Lipinski definition) is 4. The Morgan fingerprint density at radius 1 is 1.48 bits per heavy atom. The Kier molecular flexibility index (Phi) is 5.40. The Morgan fingerprint density at radius 3 is 2.68 bits per heavy atom. The first kappa shape index (κ1) is 19.2. The maximum absolute atomic E-state index is 12.5. The molecule has 2 unspecified atom stereocenters. The highest BCUT2D eigenvalue weighted by Crippen LogP contribution is 2.41. The number of likely N-dealkylation sites (tertiary alicyclic amines) is 1. The Morgan fingerprint density at radius 2 is 2.16 bits per heavy atom. The first-order chi connectivity index (χ1) is 11.6. The van der Waals surface area contributed by atoms with Crippen molar-refractivity contribution in [1.82, 2.24) is 9.88 Å². The van der Waals surface area contributed by atoms with Crippen molar-refractivity contribution >= 4 is 12.1 Å². The highest BCUT2D eigenvalue weighted by atomic mass is 16.6. The van der Waals surface area contributed by atoms with Crippen molar-refractivity contribution in [3.63, 3.8) is 0 Å².